The van der Waals surface area contributed by atoms with Crippen LogP contribution in [0.25, 0.3) is 0 Å². The molecule has 0 spiro atoms. The number of nitrogens with one attached hydrogen (secondary N) is 1. The number of ether oxygens (including phenoxy) is 2. The van der Waals surface area contributed by atoms with Crippen LogP contribution in [0, 0.1) is 0 Å². The first-order valence-electron chi connectivity index (χ1n) is 10.9. The van der Waals surface area contributed by atoms with Crippen molar-refractivity contribution in [3.63, 3.8) is 0 Å². The number of methoxy groups -OCH3 is 2. The van der Waals surface area contributed by atoms with Gasteiger partial charge in [0.2, 0.25) is 5.91 Å². The summed E-state index contributed by atoms with van der Waals surface area (Å²) in [7, 11) is 2.89. The predicted octanol–water partition coefficient (Wildman–Crippen LogP) is 3.76. The summed E-state index contributed by atoms with van der Waals surface area (Å²) in [6.45, 7) is 2.02. The lowest BCUT2D eigenvalue weighted by atomic mass is 9.82. The molecule has 1 atom stereocenters. The minimum atomic E-state index is -1.22. The molecule has 0 aromatic heterocycles. The van der Waals surface area contributed by atoms with Crippen molar-refractivity contribution < 1.29 is 23.9 Å². The number of anilines is 1. The Morgan fingerprint density at radius 3 is 2.53 bits per heavy atom. The summed E-state index contributed by atoms with van der Waals surface area (Å²) in [4.78, 5) is 40.9. The van der Waals surface area contributed by atoms with Gasteiger partial charge in [-0.25, -0.2) is 4.79 Å². The second-order valence-electron chi connectivity index (χ2n) is 8.32. The van der Waals surface area contributed by atoms with Crippen molar-refractivity contribution in [2.75, 3.05) is 19.1 Å². The van der Waals surface area contributed by atoms with Gasteiger partial charge in [-0.2, -0.15) is 0 Å². The topological polar surface area (TPSA) is 84.9 Å². The van der Waals surface area contributed by atoms with Crippen molar-refractivity contribution in [1.29, 1.82) is 0 Å². The molecule has 0 aliphatic carbocycles. The van der Waals surface area contributed by atoms with Gasteiger partial charge in [0, 0.05) is 24.2 Å². The van der Waals surface area contributed by atoms with Gasteiger partial charge in [0.1, 0.15) is 11.3 Å². The molecule has 7 nitrogen and oxygen atoms in total. The van der Waals surface area contributed by atoms with E-state index in [2.05, 4.69) is 5.32 Å². The first-order chi connectivity index (χ1) is 16.4. The molecule has 34 heavy (non-hydrogen) atoms. The molecular formula is C27H26N2O5. The van der Waals surface area contributed by atoms with E-state index in [9.17, 15) is 14.4 Å². The second-order valence-corrected chi connectivity index (χ2v) is 8.32. The molecule has 1 heterocycles. The van der Waals surface area contributed by atoms with Gasteiger partial charge in [0.25, 0.3) is 5.91 Å². The molecule has 0 saturated heterocycles. The molecule has 174 valence electrons. The number of carbonyl (C=O) groups is 3. The molecule has 1 aliphatic rings. The molecule has 0 radical (unpaired) electrons. The van der Waals surface area contributed by atoms with Crippen molar-refractivity contribution in [1.82, 2.24) is 5.32 Å². The van der Waals surface area contributed by atoms with Crippen LogP contribution in [-0.2, 0) is 22.5 Å². The average molecular weight is 459 g/mol. The highest BCUT2D eigenvalue weighted by Crippen LogP contribution is 2.36. The summed E-state index contributed by atoms with van der Waals surface area (Å²) in [6, 6.07) is 21.3. The third-order valence-corrected chi connectivity index (χ3v) is 6.08. The fourth-order valence-electron chi connectivity index (χ4n) is 4.31. The zero-order valence-corrected chi connectivity index (χ0v) is 19.3. The number of carbonyl (C=O) groups excluding carboxylic acids is 3. The molecule has 0 bridgehead atoms. The molecule has 3 aromatic rings. The highest BCUT2D eigenvalue weighted by Gasteiger charge is 2.47. The fourth-order valence-corrected chi connectivity index (χ4v) is 4.31. The van der Waals surface area contributed by atoms with Crippen molar-refractivity contribution in [3.8, 4) is 5.75 Å². The lowest BCUT2D eigenvalue weighted by Gasteiger charge is -2.44. The molecule has 0 unspecified atom stereocenters. The van der Waals surface area contributed by atoms with E-state index in [0.717, 1.165) is 11.1 Å². The zero-order valence-electron chi connectivity index (χ0n) is 19.3. The summed E-state index contributed by atoms with van der Waals surface area (Å²) < 4.78 is 10.1. The van der Waals surface area contributed by atoms with E-state index in [1.807, 2.05) is 36.4 Å². The van der Waals surface area contributed by atoms with E-state index in [1.54, 1.807) is 50.4 Å². The van der Waals surface area contributed by atoms with Crippen LogP contribution in [0.1, 0.15) is 38.8 Å². The summed E-state index contributed by atoms with van der Waals surface area (Å²) >= 11 is 0. The lowest BCUT2D eigenvalue weighted by molar-refractivity contribution is -0.126. The molecule has 0 fully saturated rings. The second kappa shape index (κ2) is 9.39. The van der Waals surface area contributed by atoms with Crippen LogP contribution < -0.4 is 15.0 Å². The summed E-state index contributed by atoms with van der Waals surface area (Å²) in [5.41, 5.74) is 1.72. The SMILES string of the molecule is COC(=O)c1cccc(N2C(=O)c3ccccc3C[C@@]2(C)C(=O)NCc2cccc(OC)c2)c1. The first-order valence-corrected chi connectivity index (χ1v) is 10.9. The van der Waals surface area contributed by atoms with E-state index >= 15 is 0 Å². The summed E-state index contributed by atoms with van der Waals surface area (Å²) in [6.07, 6.45) is 0.321. The highest BCUT2D eigenvalue weighted by molar-refractivity contribution is 6.14. The molecule has 1 aliphatic heterocycles. The van der Waals surface area contributed by atoms with Gasteiger partial charge in [-0.05, 0) is 54.4 Å². The molecular weight excluding hydrogens is 432 g/mol. The third-order valence-electron chi connectivity index (χ3n) is 6.08. The van der Waals surface area contributed by atoms with E-state index in [-0.39, 0.29) is 18.4 Å². The monoisotopic (exact) mass is 458 g/mol. The minimum Gasteiger partial charge on any atom is -0.497 e. The Balaban J connectivity index is 1.72. The Kier molecular flexibility index (Phi) is 6.36. The standard InChI is InChI=1S/C27H26N2O5/c1-27(26(32)28-17-18-8-6-12-22(14-18)33-2)16-20-9-4-5-13-23(20)24(30)29(27)21-11-7-10-19(15-21)25(31)34-3/h4-15H,16-17H2,1-3H3,(H,28,32)/t27-/m0/s1. The van der Waals surface area contributed by atoms with Gasteiger partial charge in [0.15, 0.2) is 0 Å². The number of hydrogen-bond donors (Lipinski definition) is 1. The quantitative estimate of drug-likeness (QED) is 0.569. The van der Waals surface area contributed by atoms with Gasteiger partial charge in [-0.1, -0.05) is 36.4 Å². The van der Waals surface area contributed by atoms with E-state index in [4.69, 9.17) is 9.47 Å². The van der Waals surface area contributed by atoms with Crippen molar-refractivity contribution in [2.45, 2.75) is 25.4 Å². The third kappa shape index (κ3) is 4.24. The van der Waals surface area contributed by atoms with Crippen LogP contribution in [0.4, 0.5) is 5.69 Å². The maximum Gasteiger partial charge on any atom is 0.337 e. The molecule has 0 saturated carbocycles. The van der Waals surface area contributed by atoms with Gasteiger partial charge < -0.3 is 14.8 Å². The number of hydrogen-bond acceptors (Lipinski definition) is 5. The van der Waals surface area contributed by atoms with Gasteiger partial charge in [0.05, 0.1) is 19.8 Å². The van der Waals surface area contributed by atoms with Crippen LogP contribution in [0.2, 0.25) is 0 Å². The maximum absolute atomic E-state index is 13.7. The molecule has 4 rings (SSSR count). The Bertz CT molecular complexity index is 1260. The van der Waals surface area contributed by atoms with Crippen molar-refractivity contribution in [3.05, 3.63) is 95.1 Å². The van der Waals surface area contributed by atoms with E-state index in [1.165, 1.54) is 12.0 Å². The number of esters is 1. The minimum absolute atomic E-state index is 0.275. The number of nitrogens with zero attached hydrogens (tertiary/aromatic N) is 1. The average Bonchev–Trinajstić information content (AvgIpc) is 2.87. The number of amides is 2. The smallest absolute Gasteiger partial charge is 0.337 e. The van der Waals surface area contributed by atoms with Crippen LogP contribution in [0.15, 0.2) is 72.8 Å². The predicted molar refractivity (Wildman–Crippen MR) is 128 cm³/mol. The number of rotatable bonds is 6. The Morgan fingerprint density at radius 2 is 1.76 bits per heavy atom. The highest BCUT2D eigenvalue weighted by atomic mass is 16.5. The summed E-state index contributed by atoms with van der Waals surface area (Å²) in [5.74, 6) is -0.429. The first kappa shape index (κ1) is 23.0. The van der Waals surface area contributed by atoms with Crippen LogP contribution >= 0.6 is 0 Å². The normalized spacial score (nSPS) is 17.0. The molecule has 2 amide bonds. The van der Waals surface area contributed by atoms with E-state index < -0.39 is 11.5 Å². The summed E-state index contributed by atoms with van der Waals surface area (Å²) in [5, 5.41) is 2.98. The van der Waals surface area contributed by atoms with Crippen molar-refractivity contribution >= 4 is 23.5 Å². The Labute approximate surface area is 198 Å². The molecule has 1 N–H and O–H groups in total. The zero-order chi connectivity index (χ0) is 24.3. The largest absolute Gasteiger partial charge is 0.497 e. The van der Waals surface area contributed by atoms with Gasteiger partial charge in [-0.3, -0.25) is 14.5 Å². The fraction of sp³-hybridized carbons (Fsp3) is 0.222. The Hall–Kier alpha value is -4.13. The lowest BCUT2D eigenvalue weighted by Crippen LogP contribution is -2.63. The molecule has 7 heteroatoms. The van der Waals surface area contributed by atoms with E-state index in [0.29, 0.717) is 29.0 Å². The van der Waals surface area contributed by atoms with Crippen LogP contribution in [0.3, 0.4) is 0 Å². The number of benzene rings is 3. The Morgan fingerprint density at radius 1 is 1.00 bits per heavy atom. The number of fused-ring (bicyclic) bond motifs is 1. The van der Waals surface area contributed by atoms with Crippen molar-refractivity contribution in [2.24, 2.45) is 0 Å². The van der Waals surface area contributed by atoms with Crippen LogP contribution in [0.5, 0.6) is 5.75 Å². The van der Waals surface area contributed by atoms with Crippen LogP contribution in [-0.4, -0.2) is 37.5 Å². The van der Waals surface area contributed by atoms with Gasteiger partial charge >= 0.3 is 5.97 Å². The molecule has 3 aromatic carbocycles. The van der Waals surface area contributed by atoms with Gasteiger partial charge in [-0.15, -0.1) is 0 Å². The maximum atomic E-state index is 13.7.